The van der Waals surface area contributed by atoms with Gasteiger partial charge in [-0.1, -0.05) is 139 Å². The molecule has 0 aliphatic carbocycles. The summed E-state index contributed by atoms with van der Waals surface area (Å²) in [6, 6.07) is 3.65. The van der Waals surface area contributed by atoms with Crippen molar-refractivity contribution in [2.45, 2.75) is 0 Å². The molecule has 0 aliphatic rings. The number of rotatable bonds is 3. The second kappa shape index (κ2) is 9.44. The normalized spacial score (nSPS) is 17.6. The third kappa shape index (κ3) is 3.72. The third-order valence-electron chi connectivity index (χ3n) is 7.60. The minimum atomic E-state index is -0.639. The van der Waals surface area contributed by atoms with Gasteiger partial charge in [-0.05, 0) is 83.8 Å². The molecule has 0 spiro atoms. The van der Waals surface area contributed by atoms with E-state index in [0.29, 0.717) is 27.5 Å². The molecule has 9 rings (SSSR count). The first kappa shape index (κ1) is 12.3. The lowest BCUT2D eigenvalue weighted by Gasteiger charge is -2.19. The molecule has 0 atom stereocenters. The predicted octanol–water partition coefficient (Wildman–Crippen LogP) is 12.0. The van der Waals surface area contributed by atoms with Crippen LogP contribution in [0.15, 0.2) is 162 Å². The van der Waals surface area contributed by atoms with Crippen molar-refractivity contribution in [2.24, 2.45) is 0 Å². The van der Waals surface area contributed by atoms with E-state index in [1.165, 1.54) is 24.3 Å². The Morgan fingerprint density at radius 2 is 0.953 bits per heavy atom. The van der Waals surface area contributed by atoms with E-state index >= 15 is 0 Å². The van der Waals surface area contributed by atoms with E-state index in [4.69, 9.17) is 29.1 Å². The summed E-state index contributed by atoms with van der Waals surface area (Å²) in [7, 11) is 0. The van der Waals surface area contributed by atoms with Crippen LogP contribution in [0.3, 0.4) is 0 Å². The molecule has 0 radical (unpaired) electrons. The average molecular weight is 565 g/mol. The predicted molar refractivity (Wildman–Crippen MR) is 183 cm³/mol. The van der Waals surface area contributed by atoms with Crippen molar-refractivity contribution in [1.82, 2.24) is 0 Å². The molecule has 8 aromatic carbocycles. The molecule has 1 aromatic heterocycles. The number of para-hydroxylation sites is 1. The van der Waals surface area contributed by atoms with Gasteiger partial charge >= 0.3 is 0 Å². The molecule has 1 heterocycles. The summed E-state index contributed by atoms with van der Waals surface area (Å²) in [5, 5.41) is 0.340. The zero-order valence-electron chi connectivity index (χ0n) is 40.0. The van der Waals surface area contributed by atoms with E-state index in [0.717, 1.165) is 0 Å². The van der Waals surface area contributed by atoms with E-state index in [1.807, 2.05) is 0 Å². The highest BCUT2D eigenvalue weighted by atomic mass is 16.3. The first-order valence-electron chi connectivity index (χ1n) is 22.3. The van der Waals surface area contributed by atoms with Crippen molar-refractivity contribution in [3.8, 4) is 33.4 Å². The maximum Gasteiger partial charge on any atom is 0.136 e. The van der Waals surface area contributed by atoms with Crippen LogP contribution in [0, 0.1) is 0 Å². The standard InChI is InChI=1S/C42H26O/c1-2-12-31-28(10-1)11-9-18-34(31)42-37-16-5-3-14-35(37)41(36-15-4-6-17-38(36)42)29-22-20-27(21-23-29)30-24-25-33-32-13-7-8-19-39(32)43-40(33)26-30/h1-26H/i1D,2D,3D,4D,5D,6D,7D,8D,9D,10D,11D,12D,13D,18D,19D,24D,25D,26D. The molecule has 0 unspecified atom stereocenters. The fourth-order valence-electron chi connectivity index (χ4n) is 5.71. The molecule has 0 N–H and O–H groups in total. The largest absolute Gasteiger partial charge is 0.456 e. The summed E-state index contributed by atoms with van der Waals surface area (Å²) in [6.07, 6.45) is 0. The van der Waals surface area contributed by atoms with Crippen LogP contribution in [0.25, 0.3) is 87.6 Å². The second-order valence-corrected chi connectivity index (χ2v) is 9.90. The van der Waals surface area contributed by atoms with E-state index in [1.54, 1.807) is 24.3 Å². The van der Waals surface area contributed by atoms with Crippen LogP contribution in [0.2, 0.25) is 0 Å². The second-order valence-electron chi connectivity index (χ2n) is 9.90. The molecule has 0 saturated heterocycles. The quantitative estimate of drug-likeness (QED) is 0.195. The van der Waals surface area contributed by atoms with Gasteiger partial charge in [0.05, 0.1) is 24.7 Å². The highest BCUT2D eigenvalue weighted by Gasteiger charge is 2.18. The van der Waals surface area contributed by atoms with Gasteiger partial charge in [-0.3, -0.25) is 0 Å². The fourth-order valence-corrected chi connectivity index (χ4v) is 5.71. The first-order chi connectivity index (χ1) is 28.8. The lowest BCUT2D eigenvalue weighted by Crippen LogP contribution is -1.91. The van der Waals surface area contributed by atoms with Crippen LogP contribution >= 0.6 is 0 Å². The summed E-state index contributed by atoms with van der Waals surface area (Å²) >= 11 is 0. The van der Waals surface area contributed by atoms with Crippen molar-refractivity contribution in [3.63, 3.8) is 0 Å². The molecular weight excluding hydrogens is 520 g/mol. The highest BCUT2D eigenvalue weighted by Crippen LogP contribution is 2.45. The minimum absolute atomic E-state index is 0.0218. The summed E-state index contributed by atoms with van der Waals surface area (Å²) in [5.74, 6) is 0. The Labute approximate surface area is 274 Å². The Balaban J connectivity index is 1.36. The molecule has 0 aliphatic heterocycles. The van der Waals surface area contributed by atoms with E-state index in [2.05, 4.69) is 0 Å². The Morgan fingerprint density at radius 3 is 1.70 bits per heavy atom. The monoisotopic (exact) mass is 564 g/mol. The summed E-state index contributed by atoms with van der Waals surface area (Å²) in [6.45, 7) is 0. The molecule has 1 heteroatoms. The van der Waals surface area contributed by atoms with Gasteiger partial charge < -0.3 is 4.42 Å². The van der Waals surface area contributed by atoms with Crippen molar-refractivity contribution >= 4 is 54.3 Å². The van der Waals surface area contributed by atoms with E-state index in [9.17, 15) is 0 Å². The van der Waals surface area contributed by atoms with Gasteiger partial charge in [-0.15, -0.1) is 0 Å². The molecule has 9 aromatic rings. The Kier molecular flexibility index (Phi) is 2.70. The Hall–Kier alpha value is -5.66. The Morgan fingerprint density at radius 1 is 0.372 bits per heavy atom. The van der Waals surface area contributed by atoms with Crippen LogP contribution < -0.4 is 0 Å². The maximum absolute atomic E-state index is 9.17. The SMILES string of the molecule is [2H]c1cc2c(-c3ccc(-c4c([2H])c([2H])c5c(oc6c([2H])c([2H])c([2H])c([2H])c65)c4[2H])cc3)c3cc([2H])c([2H])cc3c(-c3c([2H])c([2H])c([2H])c4c([2H])c([2H])c([2H])c([2H])c34)c2cc1[2H]. The van der Waals surface area contributed by atoms with Gasteiger partial charge in [0, 0.05) is 10.8 Å². The van der Waals surface area contributed by atoms with Crippen molar-refractivity contribution in [2.75, 3.05) is 0 Å². The van der Waals surface area contributed by atoms with Gasteiger partial charge in [-0.25, -0.2) is 0 Å². The van der Waals surface area contributed by atoms with Crippen LogP contribution in [0.4, 0.5) is 0 Å². The van der Waals surface area contributed by atoms with E-state index < -0.39 is 78.6 Å². The molecule has 43 heavy (non-hydrogen) atoms. The number of benzene rings is 8. The van der Waals surface area contributed by atoms with Crippen LogP contribution in [0.5, 0.6) is 0 Å². The molecule has 0 amide bonds. The lowest BCUT2D eigenvalue weighted by atomic mass is 9.84. The summed E-state index contributed by atoms with van der Waals surface area (Å²) in [5.41, 5.74) is 0.636. The van der Waals surface area contributed by atoms with Crippen LogP contribution in [-0.4, -0.2) is 0 Å². The van der Waals surface area contributed by atoms with Gasteiger partial charge in [0.2, 0.25) is 0 Å². The van der Waals surface area contributed by atoms with Gasteiger partial charge in [0.1, 0.15) is 11.2 Å². The van der Waals surface area contributed by atoms with Gasteiger partial charge in [0.15, 0.2) is 0 Å². The van der Waals surface area contributed by atoms with Crippen LogP contribution in [-0.2, 0) is 0 Å². The molecule has 1 nitrogen and oxygen atoms in total. The zero-order valence-corrected chi connectivity index (χ0v) is 22.0. The average Bonchev–Trinajstić information content (AvgIpc) is 3.64. The first-order valence-corrected chi connectivity index (χ1v) is 13.3. The van der Waals surface area contributed by atoms with Crippen molar-refractivity contribution in [1.29, 1.82) is 0 Å². The molecule has 0 fully saturated rings. The summed E-state index contributed by atoms with van der Waals surface area (Å²) in [4.78, 5) is 0. The Bertz CT molecular complexity index is 3420. The van der Waals surface area contributed by atoms with Gasteiger partial charge in [-0.2, -0.15) is 0 Å². The number of furan rings is 1. The number of fused-ring (bicyclic) bond motifs is 6. The summed E-state index contributed by atoms with van der Waals surface area (Å²) < 4.78 is 162. The highest BCUT2D eigenvalue weighted by molar-refractivity contribution is 6.23. The molecule has 0 saturated carbocycles. The van der Waals surface area contributed by atoms with Crippen molar-refractivity contribution in [3.05, 3.63) is 157 Å². The fraction of sp³-hybridized carbons (Fsp3) is 0. The smallest absolute Gasteiger partial charge is 0.136 e. The topological polar surface area (TPSA) is 13.1 Å². The van der Waals surface area contributed by atoms with Gasteiger partial charge in [0.25, 0.3) is 0 Å². The minimum Gasteiger partial charge on any atom is -0.456 e. The van der Waals surface area contributed by atoms with Crippen molar-refractivity contribution < 1.29 is 29.1 Å². The van der Waals surface area contributed by atoms with E-state index in [-0.39, 0.29) is 90.4 Å². The third-order valence-corrected chi connectivity index (χ3v) is 7.60. The van der Waals surface area contributed by atoms with Crippen LogP contribution in [0.1, 0.15) is 24.7 Å². The molecule has 0 bridgehead atoms. The maximum atomic E-state index is 9.17. The number of hydrogen-bond acceptors (Lipinski definition) is 1. The number of hydrogen-bond donors (Lipinski definition) is 0. The lowest BCUT2D eigenvalue weighted by molar-refractivity contribution is 0.669. The zero-order chi connectivity index (χ0) is 44.0. The molecule has 200 valence electrons. The molecular formula is C42H26O.